The van der Waals surface area contributed by atoms with E-state index in [2.05, 4.69) is 15.3 Å². The largest absolute Gasteiger partial charge is 0.382 e. The predicted molar refractivity (Wildman–Crippen MR) is 86.7 cm³/mol. The van der Waals surface area contributed by atoms with Gasteiger partial charge in [0.1, 0.15) is 11.4 Å². The van der Waals surface area contributed by atoms with Crippen molar-refractivity contribution in [1.29, 1.82) is 0 Å². The molecule has 1 N–H and O–H groups in total. The molecule has 2 heterocycles. The average Bonchev–Trinajstić information content (AvgIpc) is 2.54. The van der Waals surface area contributed by atoms with Gasteiger partial charge in [-0.2, -0.15) is 0 Å². The lowest BCUT2D eigenvalue weighted by atomic mass is 9.97. The third-order valence-corrected chi connectivity index (χ3v) is 4.03. The van der Waals surface area contributed by atoms with Gasteiger partial charge in [-0.3, -0.25) is 9.59 Å². The third kappa shape index (κ3) is 4.07. The summed E-state index contributed by atoms with van der Waals surface area (Å²) in [5, 5.41) is 2.59. The molecule has 1 aliphatic heterocycles. The number of aromatic nitrogens is 2. The first kappa shape index (κ1) is 18.3. The third-order valence-electron chi connectivity index (χ3n) is 4.03. The molecule has 2 amide bonds. The highest BCUT2D eigenvalue weighted by atomic mass is 16.5. The number of methoxy groups -OCH3 is 1. The number of hydrogen-bond donors (Lipinski definition) is 1. The number of carbonyl (C=O) groups is 2. The quantitative estimate of drug-likeness (QED) is 0.819. The van der Waals surface area contributed by atoms with E-state index in [1.807, 2.05) is 0 Å². The van der Waals surface area contributed by atoms with E-state index in [0.717, 1.165) is 0 Å². The van der Waals surface area contributed by atoms with Crippen molar-refractivity contribution in [3.63, 3.8) is 0 Å². The molecule has 0 spiro atoms. The summed E-state index contributed by atoms with van der Waals surface area (Å²) in [6, 6.07) is 0. The van der Waals surface area contributed by atoms with Gasteiger partial charge in [-0.05, 0) is 13.8 Å². The highest BCUT2D eigenvalue weighted by molar-refractivity contribution is 5.95. The molecule has 0 bridgehead atoms. The number of ether oxygens (including phenoxy) is 2. The van der Waals surface area contributed by atoms with Gasteiger partial charge in [-0.15, -0.1) is 0 Å². The summed E-state index contributed by atoms with van der Waals surface area (Å²) in [5.74, 6) is 0.309. The number of carbonyl (C=O) groups excluding carboxylic acids is 2. The summed E-state index contributed by atoms with van der Waals surface area (Å²) >= 11 is 0. The molecule has 132 valence electrons. The summed E-state index contributed by atoms with van der Waals surface area (Å²) in [4.78, 5) is 34.7. The van der Waals surface area contributed by atoms with Gasteiger partial charge >= 0.3 is 0 Å². The van der Waals surface area contributed by atoms with Crippen molar-refractivity contribution in [1.82, 2.24) is 20.2 Å². The number of hydrogen-bond acceptors (Lipinski definition) is 6. The van der Waals surface area contributed by atoms with E-state index >= 15 is 0 Å². The van der Waals surface area contributed by atoms with E-state index in [0.29, 0.717) is 30.2 Å². The first-order valence-corrected chi connectivity index (χ1v) is 7.84. The second-order valence-corrected chi connectivity index (χ2v) is 5.96. The number of aryl methyl sites for hydroxylation is 2. The van der Waals surface area contributed by atoms with Crippen molar-refractivity contribution in [2.24, 2.45) is 0 Å². The maximum absolute atomic E-state index is 12.8. The zero-order valence-corrected chi connectivity index (χ0v) is 14.6. The Morgan fingerprint density at radius 3 is 2.83 bits per heavy atom. The van der Waals surface area contributed by atoms with Gasteiger partial charge in [-0.25, -0.2) is 9.97 Å². The normalized spacial score (nSPS) is 20.8. The fourth-order valence-electron chi connectivity index (χ4n) is 2.87. The van der Waals surface area contributed by atoms with Crippen molar-refractivity contribution in [3.05, 3.63) is 23.3 Å². The molecule has 0 aliphatic carbocycles. The van der Waals surface area contributed by atoms with Gasteiger partial charge in [0, 0.05) is 26.9 Å². The Labute approximate surface area is 141 Å². The summed E-state index contributed by atoms with van der Waals surface area (Å²) in [6.45, 7) is 4.87. The summed E-state index contributed by atoms with van der Waals surface area (Å²) in [7, 11) is 3.12. The fourth-order valence-corrected chi connectivity index (χ4v) is 2.87. The van der Waals surface area contributed by atoms with Crippen molar-refractivity contribution in [2.75, 3.05) is 40.5 Å². The molecule has 1 aromatic rings. The van der Waals surface area contributed by atoms with Crippen molar-refractivity contribution in [3.8, 4) is 0 Å². The number of nitrogens with zero attached hydrogens (tertiary/aromatic N) is 3. The lowest BCUT2D eigenvalue weighted by Gasteiger charge is -2.42. The zero-order chi connectivity index (χ0) is 17.7. The molecule has 24 heavy (non-hydrogen) atoms. The van der Waals surface area contributed by atoms with Crippen LogP contribution in [0.2, 0.25) is 0 Å². The van der Waals surface area contributed by atoms with Gasteiger partial charge < -0.3 is 19.7 Å². The molecule has 0 saturated carbocycles. The lowest BCUT2D eigenvalue weighted by Crippen LogP contribution is -2.57. The highest BCUT2D eigenvalue weighted by Crippen LogP contribution is 2.24. The van der Waals surface area contributed by atoms with Gasteiger partial charge in [-0.1, -0.05) is 0 Å². The van der Waals surface area contributed by atoms with Crippen LogP contribution < -0.4 is 5.32 Å². The monoisotopic (exact) mass is 336 g/mol. The summed E-state index contributed by atoms with van der Waals surface area (Å²) in [6.07, 6.45) is 1.68. The maximum atomic E-state index is 12.8. The minimum Gasteiger partial charge on any atom is -0.382 e. The van der Waals surface area contributed by atoms with E-state index in [9.17, 15) is 9.59 Å². The van der Waals surface area contributed by atoms with Crippen LogP contribution in [0.3, 0.4) is 0 Å². The molecule has 0 aromatic carbocycles. The van der Waals surface area contributed by atoms with Crippen molar-refractivity contribution < 1.29 is 19.1 Å². The Hall–Kier alpha value is -2.06. The van der Waals surface area contributed by atoms with Crippen LogP contribution in [0.5, 0.6) is 0 Å². The van der Waals surface area contributed by atoms with Crippen LogP contribution in [-0.2, 0) is 14.3 Å². The molecule has 2 rings (SSSR count). The highest BCUT2D eigenvalue weighted by Gasteiger charge is 2.40. The van der Waals surface area contributed by atoms with Crippen molar-refractivity contribution in [2.45, 2.75) is 25.9 Å². The standard InChI is InChI=1S/C16H24N4O4/c1-11-13(8-18-12(2)19-11)15(22)20-5-6-24-16(9-20,10-23-4)7-14(21)17-3/h8H,5-7,9-10H2,1-4H3,(H,17,21)/t16-/m1/s1. The molecular formula is C16H24N4O4. The van der Waals surface area contributed by atoms with Crippen LogP contribution in [0, 0.1) is 13.8 Å². The Kier molecular flexibility index (Phi) is 5.84. The molecule has 1 aliphatic rings. The Morgan fingerprint density at radius 1 is 1.46 bits per heavy atom. The van der Waals surface area contributed by atoms with Gasteiger partial charge in [0.25, 0.3) is 5.91 Å². The van der Waals surface area contributed by atoms with E-state index < -0.39 is 5.60 Å². The molecule has 1 saturated heterocycles. The van der Waals surface area contributed by atoms with Crippen LogP contribution in [0.15, 0.2) is 6.20 Å². The number of nitrogens with one attached hydrogen (secondary N) is 1. The molecule has 8 nitrogen and oxygen atoms in total. The second-order valence-electron chi connectivity index (χ2n) is 5.96. The Balaban J connectivity index is 2.21. The number of morpholine rings is 1. The van der Waals surface area contributed by atoms with E-state index in [1.54, 1.807) is 39.1 Å². The lowest BCUT2D eigenvalue weighted by molar-refractivity contribution is -0.150. The Bertz CT molecular complexity index is 618. The first-order valence-electron chi connectivity index (χ1n) is 7.84. The van der Waals surface area contributed by atoms with Gasteiger partial charge in [0.05, 0.1) is 37.4 Å². The second kappa shape index (κ2) is 7.67. The van der Waals surface area contributed by atoms with Crippen molar-refractivity contribution >= 4 is 11.8 Å². The van der Waals surface area contributed by atoms with E-state index in [1.165, 1.54) is 0 Å². The van der Waals surface area contributed by atoms with Gasteiger partial charge in [0.2, 0.25) is 5.91 Å². The van der Waals surface area contributed by atoms with E-state index in [4.69, 9.17) is 9.47 Å². The topological polar surface area (TPSA) is 93.7 Å². The minimum absolute atomic E-state index is 0.129. The molecular weight excluding hydrogens is 312 g/mol. The molecule has 0 unspecified atom stereocenters. The Morgan fingerprint density at radius 2 is 2.21 bits per heavy atom. The minimum atomic E-state index is -0.845. The summed E-state index contributed by atoms with van der Waals surface area (Å²) < 4.78 is 11.1. The molecule has 1 fully saturated rings. The van der Waals surface area contributed by atoms with Crippen LogP contribution in [0.25, 0.3) is 0 Å². The molecule has 0 radical (unpaired) electrons. The first-order chi connectivity index (χ1) is 11.4. The molecule has 8 heteroatoms. The molecule has 1 aromatic heterocycles. The van der Waals surface area contributed by atoms with Crippen LogP contribution in [0.1, 0.15) is 28.3 Å². The smallest absolute Gasteiger partial charge is 0.257 e. The number of rotatable bonds is 5. The summed E-state index contributed by atoms with van der Waals surface area (Å²) in [5.41, 5.74) is 0.263. The maximum Gasteiger partial charge on any atom is 0.257 e. The van der Waals surface area contributed by atoms with Crippen LogP contribution >= 0.6 is 0 Å². The predicted octanol–water partition coefficient (Wildman–Crippen LogP) is 0.0871. The van der Waals surface area contributed by atoms with E-state index in [-0.39, 0.29) is 31.4 Å². The zero-order valence-electron chi connectivity index (χ0n) is 14.6. The fraction of sp³-hybridized carbons (Fsp3) is 0.625. The molecule has 1 atom stereocenters. The van der Waals surface area contributed by atoms with Crippen LogP contribution in [-0.4, -0.2) is 72.7 Å². The van der Waals surface area contributed by atoms with Gasteiger partial charge in [0.15, 0.2) is 0 Å². The average molecular weight is 336 g/mol. The number of amides is 2. The van der Waals surface area contributed by atoms with Crippen LogP contribution in [0.4, 0.5) is 0 Å². The SMILES string of the molecule is CNC(=O)C[C@]1(COC)CN(C(=O)c2cnc(C)nc2C)CCO1.